The van der Waals surface area contributed by atoms with E-state index in [4.69, 9.17) is 10.8 Å². The molecule has 0 aliphatic heterocycles. The molecule has 0 aromatic heterocycles. The van der Waals surface area contributed by atoms with E-state index in [0.717, 1.165) is 12.8 Å². The minimum absolute atomic E-state index is 0.126. The van der Waals surface area contributed by atoms with Crippen LogP contribution in [0, 0.1) is 5.92 Å². The summed E-state index contributed by atoms with van der Waals surface area (Å²) >= 11 is 0. The first-order valence-electron chi connectivity index (χ1n) is 7.34. The van der Waals surface area contributed by atoms with Crippen molar-refractivity contribution in [3.05, 3.63) is 0 Å². The van der Waals surface area contributed by atoms with E-state index in [2.05, 4.69) is 10.1 Å². The molecular formula is C14H26N2O5. The van der Waals surface area contributed by atoms with Gasteiger partial charge in [-0.1, -0.05) is 19.8 Å². The monoisotopic (exact) mass is 302 g/mol. The molecule has 21 heavy (non-hydrogen) atoms. The maximum absolute atomic E-state index is 11.6. The fraction of sp³-hybridized carbons (Fsp3) is 0.786. The van der Waals surface area contributed by atoms with Crippen molar-refractivity contribution < 1.29 is 24.2 Å². The van der Waals surface area contributed by atoms with Gasteiger partial charge in [0.1, 0.15) is 0 Å². The number of carbonyl (C=O) groups excluding carboxylic acids is 2. The molecule has 0 aromatic rings. The predicted molar refractivity (Wildman–Crippen MR) is 77.5 cm³/mol. The van der Waals surface area contributed by atoms with Gasteiger partial charge in [-0.2, -0.15) is 0 Å². The van der Waals surface area contributed by atoms with Gasteiger partial charge in [0.15, 0.2) is 6.04 Å². The van der Waals surface area contributed by atoms with Crippen molar-refractivity contribution in [3.8, 4) is 0 Å². The molecule has 1 amide bonds. The molecule has 2 unspecified atom stereocenters. The molecule has 4 N–H and O–H groups in total. The van der Waals surface area contributed by atoms with Crippen molar-refractivity contribution in [3.63, 3.8) is 0 Å². The van der Waals surface area contributed by atoms with Crippen LogP contribution in [0.3, 0.4) is 0 Å². The quantitative estimate of drug-likeness (QED) is 0.381. The number of esters is 1. The average Bonchev–Trinajstić information content (AvgIpc) is 2.43. The lowest BCUT2D eigenvalue weighted by molar-refractivity contribution is -0.148. The third kappa shape index (κ3) is 9.01. The second-order valence-corrected chi connectivity index (χ2v) is 4.90. The number of rotatable bonds is 11. The zero-order valence-corrected chi connectivity index (χ0v) is 12.8. The standard InChI is InChI=1S/C14H26N2O5/c1-3-5-10(6-7-11(17)18)8-9-16-13(19)12(15)14(20)21-4-2/h10,12H,3-9,15H2,1-2H3,(H,16,19)(H,17,18). The van der Waals surface area contributed by atoms with Crippen LogP contribution in [0.1, 0.15) is 46.0 Å². The summed E-state index contributed by atoms with van der Waals surface area (Å²) in [4.78, 5) is 33.5. The maximum atomic E-state index is 11.6. The molecule has 7 nitrogen and oxygen atoms in total. The Morgan fingerprint density at radius 2 is 1.86 bits per heavy atom. The molecule has 0 fully saturated rings. The fourth-order valence-electron chi connectivity index (χ4n) is 2.02. The normalized spacial score (nSPS) is 13.3. The summed E-state index contributed by atoms with van der Waals surface area (Å²) in [5.41, 5.74) is 5.46. The zero-order valence-electron chi connectivity index (χ0n) is 12.8. The largest absolute Gasteiger partial charge is 0.481 e. The molecule has 7 heteroatoms. The van der Waals surface area contributed by atoms with Gasteiger partial charge in [0.05, 0.1) is 6.61 Å². The van der Waals surface area contributed by atoms with Crippen molar-refractivity contribution in [2.24, 2.45) is 11.7 Å². The molecule has 0 aliphatic carbocycles. The average molecular weight is 302 g/mol. The summed E-state index contributed by atoms with van der Waals surface area (Å²) in [6, 6.07) is -1.31. The van der Waals surface area contributed by atoms with Gasteiger partial charge in [0.25, 0.3) is 0 Å². The Bertz CT molecular complexity index is 346. The number of aliphatic carboxylic acids is 1. The van der Waals surface area contributed by atoms with E-state index in [1.165, 1.54) is 0 Å². The summed E-state index contributed by atoms with van der Waals surface area (Å²) in [7, 11) is 0. The Kier molecular flexibility index (Phi) is 10.2. The van der Waals surface area contributed by atoms with Crippen molar-refractivity contribution in [2.75, 3.05) is 13.2 Å². The van der Waals surface area contributed by atoms with Gasteiger partial charge in [0.2, 0.25) is 5.91 Å². The van der Waals surface area contributed by atoms with Crippen molar-refractivity contribution in [1.82, 2.24) is 5.32 Å². The van der Waals surface area contributed by atoms with Gasteiger partial charge in [-0.15, -0.1) is 0 Å². The van der Waals surface area contributed by atoms with E-state index in [1.54, 1.807) is 6.92 Å². The van der Waals surface area contributed by atoms with Gasteiger partial charge in [-0.05, 0) is 25.7 Å². The van der Waals surface area contributed by atoms with Gasteiger partial charge < -0.3 is 20.9 Å². The third-order valence-corrected chi connectivity index (χ3v) is 3.14. The number of carbonyl (C=O) groups is 3. The lowest BCUT2D eigenvalue weighted by Gasteiger charge is -2.16. The number of carboxylic acids is 1. The summed E-state index contributed by atoms with van der Waals surface area (Å²) in [5.74, 6) is -1.89. The summed E-state index contributed by atoms with van der Waals surface area (Å²) in [6.45, 7) is 4.22. The van der Waals surface area contributed by atoms with Gasteiger partial charge >= 0.3 is 11.9 Å². The Labute approximate surface area is 125 Å². The van der Waals surface area contributed by atoms with Gasteiger partial charge in [-0.25, -0.2) is 4.79 Å². The molecule has 0 heterocycles. The fourth-order valence-corrected chi connectivity index (χ4v) is 2.02. The molecule has 0 spiro atoms. The molecule has 0 saturated heterocycles. The van der Waals surface area contributed by atoms with E-state index in [9.17, 15) is 14.4 Å². The van der Waals surface area contributed by atoms with E-state index < -0.39 is 23.9 Å². The zero-order chi connectivity index (χ0) is 16.3. The minimum atomic E-state index is -1.31. The Morgan fingerprint density at radius 3 is 2.38 bits per heavy atom. The highest BCUT2D eigenvalue weighted by atomic mass is 16.5. The Balaban J connectivity index is 4.09. The lowest BCUT2D eigenvalue weighted by atomic mass is 9.94. The van der Waals surface area contributed by atoms with Crippen LogP contribution in [0.4, 0.5) is 0 Å². The van der Waals surface area contributed by atoms with E-state index in [-0.39, 0.29) is 18.9 Å². The second kappa shape index (κ2) is 11.1. The minimum Gasteiger partial charge on any atom is -0.481 e. The predicted octanol–water partition coefficient (Wildman–Crippen LogP) is 0.664. The third-order valence-electron chi connectivity index (χ3n) is 3.14. The topological polar surface area (TPSA) is 119 Å². The molecule has 0 aromatic carbocycles. The van der Waals surface area contributed by atoms with Crippen LogP contribution in [0.5, 0.6) is 0 Å². The first-order chi connectivity index (χ1) is 9.92. The number of nitrogens with one attached hydrogen (secondary N) is 1. The van der Waals surface area contributed by atoms with Crippen LogP contribution in [0.25, 0.3) is 0 Å². The molecule has 122 valence electrons. The molecule has 0 radical (unpaired) electrons. The van der Waals surface area contributed by atoms with Crippen LogP contribution < -0.4 is 11.1 Å². The number of nitrogens with two attached hydrogens (primary N) is 1. The highest BCUT2D eigenvalue weighted by Crippen LogP contribution is 2.17. The highest BCUT2D eigenvalue weighted by Gasteiger charge is 2.23. The van der Waals surface area contributed by atoms with Gasteiger partial charge in [-0.3, -0.25) is 9.59 Å². The Morgan fingerprint density at radius 1 is 1.19 bits per heavy atom. The Hall–Kier alpha value is -1.63. The van der Waals surface area contributed by atoms with E-state index >= 15 is 0 Å². The molecule has 0 bridgehead atoms. The summed E-state index contributed by atoms with van der Waals surface area (Å²) in [6.07, 6.45) is 3.25. The molecular weight excluding hydrogens is 276 g/mol. The SMILES string of the molecule is CCCC(CCNC(=O)C(N)C(=O)OCC)CCC(=O)O. The first-order valence-corrected chi connectivity index (χ1v) is 7.34. The van der Waals surface area contributed by atoms with Crippen LogP contribution in [0.2, 0.25) is 0 Å². The molecule has 0 saturated carbocycles. The summed E-state index contributed by atoms with van der Waals surface area (Å²) in [5, 5.41) is 11.3. The first kappa shape index (κ1) is 19.4. The molecule has 0 rings (SSSR count). The van der Waals surface area contributed by atoms with Crippen LogP contribution in [-0.2, 0) is 19.1 Å². The van der Waals surface area contributed by atoms with Crippen molar-refractivity contribution in [2.45, 2.75) is 52.0 Å². The van der Waals surface area contributed by atoms with Crippen LogP contribution in [-0.4, -0.2) is 42.1 Å². The van der Waals surface area contributed by atoms with Crippen LogP contribution >= 0.6 is 0 Å². The lowest BCUT2D eigenvalue weighted by Crippen LogP contribution is -2.47. The number of ether oxygens (including phenoxy) is 1. The number of amides is 1. The maximum Gasteiger partial charge on any atom is 0.332 e. The molecule has 2 atom stereocenters. The van der Waals surface area contributed by atoms with Crippen molar-refractivity contribution in [1.29, 1.82) is 0 Å². The summed E-state index contributed by atoms with van der Waals surface area (Å²) < 4.78 is 4.67. The number of hydrogen-bond donors (Lipinski definition) is 3. The van der Waals surface area contributed by atoms with Gasteiger partial charge in [0, 0.05) is 13.0 Å². The van der Waals surface area contributed by atoms with E-state index in [0.29, 0.717) is 19.4 Å². The van der Waals surface area contributed by atoms with Crippen LogP contribution in [0.15, 0.2) is 0 Å². The van der Waals surface area contributed by atoms with Crippen molar-refractivity contribution >= 4 is 17.8 Å². The highest BCUT2D eigenvalue weighted by molar-refractivity contribution is 6.01. The number of carboxylic acid groups (broad SMARTS) is 1. The second-order valence-electron chi connectivity index (χ2n) is 4.90. The number of hydrogen-bond acceptors (Lipinski definition) is 5. The smallest absolute Gasteiger partial charge is 0.332 e. The molecule has 0 aliphatic rings. The van der Waals surface area contributed by atoms with E-state index in [1.807, 2.05) is 6.92 Å².